The maximum atomic E-state index is 12.3. The van der Waals surface area contributed by atoms with Gasteiger partial charge >= 0.3 is 0 Å². The molecule has 7 heteroatoms. The molecule has 0 spiro atoms. The normalized spacial score (nSPS) is 15.4. The molecule has 0 aliphatic heterocycles. The third-order valence-electron chi connectivity index (χ3n) is 3.78. The minimum atomic E-state index is -3.97. The summed E-state index contributed by atoms with van der Waals surface area (Å²) in [5.41, 5.74) is 0.289. The monoisotopic (exact) mass is 331 g/mol. The van der Waals surface area contributed by atoms with Crippen LogP contribution < -0.4 is 4.74 Å². The fourth-order valence-corrected chi connectivity index (χ4v) is 3.39. The van der Waals surface area contributed by atoms with Gasteiger partial charge < -0.3 is 9.64 Å². The van der Waals surface area contributed by atoms with Gasteiger partial charge in [-0.25, -0.2) is 8.42 Å². The first-order valence-electron chi connectivity index (χ1n) is 6.71. The number of halogens is 1. The Hall–Kier alpha value is -1.27. The van der Waals surface area contributed by atoms with Crippen molar-refractivity contribution in [1.29, 1.82) is 0 Å². The minimum absolute atomic E-state index is 0.128. The molecule has 0 heterocycles. The van der Waals surface area contributed by atoms with Gasteiger partial charge in [-0.1, -0.05) is 6.42 Å². The van der Waals surface area contributed by atoms with Gasteiger partial charge in [0.25, 0.3) is 15.0 Å². The van der Waals surface area contributed by atoms with Gasteiger partial charge in [0, 0.05) is 29.8 Å². The summed E-state index contributed by atoms with van der Waals surface area (Å²) in [5, 5.41) is 0. The molecule has 21 heavy (non-hydrogen) atoms. The molecule has 0 unspecified atom stereocenters. The summed E-state index contributed by atoms with van der Waals surface area (Å²) in [6.07, 6.45) is 3.49. The number of benzene rings is 1. The molecule has 1 aliphatic carbocycles. The lowest BCUT2D eigenvalue weighted by molar-refractivity contribution is 0.0745. The number of hydrogen-bond donors (Lipinski definition) is 0. The molecule has 1 saturated carbocycles. The van der Waals surface area contributed by atoms with E-state index in [9.17, 15) is 13.2 Å². The highest BCUT2D eigenvalue weighted by Crippen LogP contribution is 2.29. The predicted octanol–water partition coefficient (Wildman–Crippen LogP) is 2.49. The number of methoxy groups -OCH3 is 1. The molecule has 1 fully saturated rings. The smallest absolute Gasteiger partial charge is 0.265 e. The lowest BCUT2D eigenvalue weighted by Gasteiger charge is -2.30. The fourth-order valence-electron chi connectivity index (χ4n) is 2.37. The van der Waals surface area contributed by atoms with Crippen LogP contribution in [0.15, 0.2) is 23.1 Å². The Bertz CT molecular complexity index is 640. The van der Waals surface area contributed by atoms with Crippen LogP contribution in [0.4, 0.5) is 0 Å². The van der Waals surface area contributed by atoms with Crippen LogP contribution in [0.5, 0.6) is 5.75 Å². The van der Waals surface area contributed by atoms with E-state index in [1.54, 1.807) is 18.0 Å². The summed E-state index contributed by atoms with van der Waals surface area (Å²) >= 11 is 0. The third kappa shape index (κ3) is 3.68. The Morgan fingerprint density at radius 2 is 2.10 bits per heavy atom. The van der Waals surface area contributed by atoms with Crippen molar-refractivity contribution in [3.05, 3.63) is 23.8 Å². The topological polar surface area (TPSA) is 63.7 Å². The zero-order chi connectivity index (χ0) is 15.6. The van der Waals surface area contributed by atoms with Crippen LogP contribution in [-0.4, -0.2) is 39.9 Å². The molecule has 116 valence electrons. The Labute approximate surface area is 129 Å². The highest BCUT2D eigenvalue weighted by molar-refractivity contribution is 8.13. The van der Waals surface area contributed by atoms with Crippen molar-refractivity contribution in [3.63, 3.8) is 0 Å². The van der Waals surface area contributed by atoms with Gasteiger partial charge in [0.1, 0.15) is 10.6 Å². The van der Waals surface area contributed by atoms with Crippen molar-refractivity contribution in [3.8, 4) is 5.75 Å². The minimum Gasteiger partial charge on any atom is -0.495 e. The number of carbonyl (C=O) groups excluding carboxylic acids is 1. The summed E-state index contributed by atoms with van der Waals surface area (Å²) in [5.74, 6) is 0.461. The zero-order valence-corrected chi connectivity index (χ0v) is 13.6. The molecule has 1 aromatic carbocycles. The van der Waals surface area contributed by atoms with E-state index in [2.05, 4.69) is 0 Å². The summed E-state index contributed by atoms with van der Waals surface area (Å²) < 4.78 is 28.1. The van der Waals surface area contributed by atoms with Crippen molar-refractivity contribution in [2.24, 2.45) is 5.92 Å². The van der Waals surface area contributed by atoms with Crippen LogP contribution in [0.3, 0.4) is 0 Å². The van der Waals surface area contributed by atoms with Crippen LogP contribution in [0.2, 0.25) is 0 Å². The highest BCUT2D eigenvalue weighted by atomic mass is 35.7. The molecule has 0 bridgehead atoms. The number of rotatable bonds is 5. The van der Waals surface area contributed by atoms with Gasteiger partial charge in [-0.05, 0) is 37.0 Å². The first kappa shape index (κ1) is 16.1. The van der Waals surface area contributed by atoms with Gasteiger partial charge in [0.2, 0.25) is 0 Å². The maximum Gasteiger partial charge on any atom is 0.265 e. The average molecular weight is 332 g/mol. The highest BCUT2D eigenvalue weighted by Gasteiger charge is 2.24. The van der Waals surface area contributed by atoms with E-state index >= 15 is 0 Å². The van der Waals surface area contributed by atoms with Gasteiger partial charge in [-0.2, -0.15) is 0 Å². The number of amides is 1. The lowest BCUT2D eigenvalue weighted by atomic mass is 9.85. The van der Waals surface area contributed by atoms with Gasteiger partial charge in [-0.3, -0.25) is 4.79 Å². The molecule has 1 amide bonds. The molecule has 0 radical (unpaired) electrons. The Morgan fingerprint density at radius 1 is 1.43 bits per heavy atom. The van der Waals surface area contributed by atoms with E-state index in [1.165, 1.54) is 25.7 Å². The molecule has 5 nitrogen and oxygen atoms in total. The standard InChI is InChI=1S/C14H18ClNO4S/c1-16(9-10-4-3-5-10)14(17)11-6-7-12(20-2)13(8-11)21(15,18)19/h6-8,10H,3-5,9H2,1-2H3. The van der Waals surface area contributed by atoms with E-state index in [0.717, 1.165) is 12.8 Å². The van der Waals surface area contributed by atoms with Crippen LogP contribution in [-0.2, 0) is 9.05 Å². The van der Waals surface area contributed by atoms with Crippen molar-refractivity contribution in [2.75, 3.05) is 20.7 Å². The molecule has 0 aromatic heterocycles. The SMILES string of the molecule is COc1ccc(C(=O)N(C)CC2CCC2)cc1S(=O)(=O)Cl. The molecular weight excluding hydrogens is 314 g/mol. The van der Waals surface area contributed by atoms with Crippen LogP contribution in [0.1, 0.15) is 29.6 Å². The Morgan fingerprint density at radius 3 is 2.57 bits per heavy atom. The van der Waals surface area contributed by atoms with E-state index in [1.807, 2.05) is 0 Å². The van der Waals surface area contributed by atoms with Crippen LogP contribution >= 0.6 is 10.7 Å². The lowest BCUT2D eigenvalue weighted by Crippen LogP contribution is -2.34. The predicted molar refractivity (Wildman–Crippen MR) is 80.3 cm³/mol. The largest absolute Gasteiger partial charge is 0.495 e. The molecule has 1 aliphatic rings. The quantitative estimate of drug-likeness (QED) is 0.778. The third-order valence-corrected chi connectivity index (χ3v) is 5.12. The van der Waals surface area contributed by atoms with Crippen molar-refractivity contribution in [1.82, 2.24) is 4.90 Å². The number of carbonyl (C=O) groups is 1. The second-order valence-electron chi connectivity index (χ2n) is 5.29. The Kier molecular flexibility index (Phi) is 4.78. The summed E-state index contributed by atoms with van der Waals surface area (Å²) in [6.45, 7) is 0.688. The van der Waals surface area contributed by atoms with Crippen molar-refractivity contribution >= 4 is 25.6 Å². The molecular formula is C14H18ClNO4S. The van der Waals surface area contributed by atoms with E-state index in [4.69, 9.17) is 15.4 Å². The number of ether oxygens (including phenoxy) is 1. The summed E-state index contributed by atoms with van der Waals surface area (Å²) in [6, 6.07) is 4.25. The molecule has 0 N–H and O–H groups in total. The van der Waals surface area contributed by atoms with Crippen LogP contribution in [0, 0.1) is 5.92 Å². The molecule has 0 saturated heterocycles. The first-order valence-corrected chi connectivity index (χ1v) is 9.02. The zero-order valence-electron chi connectivity index (χ0n) is 12.0. The average Bonchev–Trinajstić information content (AvgIpc) is 2.40. The second kappa shape index (κ2) is 6.23. The van der Waals surface area contributed by atoms with Crippen LogP contribution in [0.25, 0.3) is 0 Å². The summed E-state index contributed by atoms with van der Waals surface area (Å²) in [4.78, 5) is 13.8. The Balaban J connectivity index is 2.24. The number of hydrogen-bond acceptors (Lipinski definition) is 4. The van der Waals surface area contributed by atoms with Crippen molar-refractivity contribution < 1.29 is 17.9 Å². The molecule has 0 atom stereocenters. The molecule has 1 aromatic rings. The summed E-state index contributed by atoms with van der Waals surface area (Å²) in [7, 11) is 4.49. The van der Waals surface area contributed by atoms with Gasteiger partial charge in [0.15, 0.2) is 0 Å². The first-order chi connectivity index (χ1) is 9.82. The maximum absolute atomic E-state index is 12.3. The van der Waals surface area contributed by atoms with E-state index < -0.39 is 9.05 Å². The second-order valence-corrected chi connectivity index (χ2v) is 7.82. The molecule has 2 rings (SSSR count). The van der Waals surface area contributed by atoms with E-state index in [-0.39, 0.29) is 22.1 Å². The van der Waals surface area contributed by atoms with E-state index in [0.29, 0.717) is 12.5 Å². The van der Waals surface area contributed by atoms with Gasteiger partial charge in [0.05, 0.1) is 7.11 Å². The van der Waals surface area contributed by atoms with Gasteiger partial charge in [-0.15, -0.1) is 0 Å². The fraction of sp³-hybridized carbons (Fsp3) is 0.500. The number of nitrogens with zero attached hydrogens (tertiary/aromatic N) is 1. The van der Waals surface area contributed by atoms with Crippen molar-refractivity contribution in [2.45, 2.75) is 24.2 Å².